The number of carbonyl (C=O) groups excluding carboxylic acids is 1. The van der Waals surface area contributed by atoms with Crippen molar-refractivity contribution in [3.63, 3.8) is 0 Å². The second-order valence-electron chi connectivity index (χ2n) is 5.27. The van der Waals surface area contributed by atoms with Crippen molar-refractivity contribution in [1.82, 2.24) is 5.32 Å². The van der Waals surface area contributed by atoms with E-state index in [0.717, 1.165) is 12.0 Å². The molecule has 2 atom stereocenters. The molecule has 0 aliphatic carbocycles. The first kappa shape index (κ1) is 19.6. The molecule has 5 nitrogen and oxygen atoms in total. The minimum Gasteiger partial charge on any atom is -0.434 e. The van der Waals surface area contributed by atoms with E-state index < -0.39 is 12.7 Å². The first-order chi connectivity index (χ1) is 10.5. The average molecular weight is 351 g/mol. The SMILES string of the molecule is Cc1ccc(OC(F)F)c(CNC(=O)[C@@H]2CC[C@H](CN)O2)c1.Cl. The van der Waals surface area contributed by atoms with Gasteiger partial charge in [0, 0.05) is 18.7 Å². The molecule has 0 spiro atoms. The highest BCUT2D eigenvalue weighted by Gasteiger charge is 2.29. The molecular weight excluding hydrogens is 330 g/mol. The molecule has 0 aromatic heterocycles. The Balaban J connectivity index is 0.00000264. The number of nitrogens with two attached hydrogens (primary N) is 1. The van der Waals surface area contributed by atoms with Crippen LogP contribution in [0, 0.1) is 6.92 Å². The largest absolute Gasteiger partial charge is 0.434 e. The number of halogens is 3. The van der Waals surface area contributed by atoms with Crippen LogP contribution < -0.4 is 15.8 Å². The Morgan fingerprint density at radius 2 is 2.22 bits per heavy atom. The highest BCUT2D eigenvalue weighted by molar-refractivity contribution is 5.85. The molecule has 1 aromatic rings. The van der Waals surface area contributed by atoms with Crippen LogP contribution in [0.5, 0.6) is 5.75 Å². The average Bonchev–Trinajstić information content (AvgIpc) is 2.95. The number of aryl methyl sites for hydroxylation is 1. The predicted molar refractivity (Wildman–Crippen MR) is 83.9 cm³/mol. The molecule has 1 saturated heterocycles. The Morgan fingerprint density at radius 1 is 1.48 bits per heavy atom. The normalized spacial score (nSPS) is 20.2. The van der Waals surface area contributed by atoms with Gasteiger partial charge in [0.1, 0.15) is 11.9 Å². The number of hydrogen-bond donors (Lipinski definition) is 2. The summed E-state index contributed by atoms with van der Waals surface area (Å²) in [6.45, 7) is -0.576. The number of nitrogens with one attached hydrogen (secondary N) is 1. The van der Waals surface area contributed by atoms with Crippen LogP contribution in [0.4, 0.5) is 8.78 Å². The summed E-state index contributed by atoms with van der Waals surface area (Å²) < 4.78 is 34.7. The van der Waals surface area contributed by atoms with E-state index in [2.05, 4.69) is 10.1 Å². The van der Waals surface area contributed by atoms with E-state index in [0.29, 0.717) is 18.5 Å². The van der Waals surface area contributed by atoms with Gasteiger partial charge in [0.2, 0.25) is 5.91 Å². The Labute approximate surface area is 139 Å². The smallest absolute Gasteiger partial charge is 0.387 e. The molecule has 1 aliphatic rings. The number of carbonyl (C=O) groups is 1. The van der Waals surface area contributed by atoms with Crippen molar-refractivity contribution in [2.75, 3.05) is 6.54 Å². The fraction of sp³-hybridized carbons (Fsp3) is 0.533. The molecule has 1 aliphatic heterocycles. The third-order valence-electron chi connectivity index (χ3n) is 3.55. The molecule has 3 N–H and O–H groups in total. The summed E-state index contributed by atoms with van der Waals surface area (Å²) in [5, 5.41) is 2.70. The standard InChI is InChI=1S/C15H20F2N2O3.ClH/c1-9-2-4-12(22-15(16)17)10(6-9)8-19-14(20)13-5-3-11(7-18)21-13;/h2,4,6,11,13,15H,3,5,7-8,18H2,1H3,(H,19,20);1H/t11-,13+;/m1./s1. The van der Waals surface area contributed by atoms with Gasteiger partial charge < -0.3 is 20.5 Å². The van der Waals surface area contributed by atoms with E-state index >= 15 is 0 Å². The van der Waals surface area contributed by atoms with E-state index in [1.165, 1.54) is 6.07 Å². The first-order valence-electron chi connectivity index (χ1n) is 7.17. The topological polar surface area (TPSA) is 73.6 Å². The Bertz CT molecular complexity index is 531. The third kappa shape index (κ3) is 5.60. The monoisotopic (exact) mass is 350 g/mol. The van der Waals surface area contributed by atoms with Crippen molar-refractivity contribution in [3.05, 3.63) is 29.3 Å². The van der Waals surface area contributed by atoms with Crippen molar-refractivity contribution in [2.45, 2.75) is 45.1 Å². The van der Waals surface area contributed by atoms with Gasteiger partial charge in [-0.3, -0.25) is 4.79 Å². The fourth-order valence-corrected chi connectivity index (χ4v) is 2.43. The van der Waals surface area contributed by atoms with Crippen LogP contribution in [0.2, 0.25) is 0 Å². The molecule has 1 heterocycles. The van der Waals surface area contributed by atoms with Gasteiger partial charge in [0.15, 0.2) is 0 Å². The number of benzene rings is 1. The summed E-state index contributed by atoms with van der Waals surface area (Å²) in [5.74, 6) is -0.200. The summed E-state index contributed by atoms with van der Waals surface area (Å²) in [6.07, 6.45) is 0.742. The maximum atomic E-state index is 12.4. The quantitative estimate of drug-likeness (QED) is 0.824. The highest BCUT2D eigenvalue weighted by Crippen LogP contribution is 2.23. The zero-order valence-electron chi connectivity index (χ0n) is 12.8. The predicted octanol–water partition coefficient (Wildman–Crippen LogP) is 2.14. The van der Waals surface area contributed by atoms with Gasteiger partial charge in [-0.15, -0.1) is 12.4 Å². The number of amides is 1. The molecule has 0 bridgehead atoms. The Kier molecular flexibility index (Phi) is 7.67. The number of alkyl halides is 2. The minimum absolute atomic E-state index is 0. The van der Waals surface area contributed by atoms with Crippen LogP contribution in [0.3, 0.4) is 0 Å². The van der Waals surface area contributed by atoms with Crippen molar-refractivity contribution in [1.29, 1.82) is 0 Å². The second-order valence-corrected chi connectivity index (χ2v) is 5.27. The van der Waals surface area contributed by atoms with Crippen molar-refractivity contribution >= 4 is 18.3 Å². The molecule has 1 aromatic carbocycles. The zero-order chi connectivity index (χ0) is 16.1. The van der Waals surface area contributed by atoms with Crippen LogP contribution in [0.25, 0.3) is 0 Å². The Morgan fingerprint density at radius 3 is 2.83 bits per heavy atom. The molecule has 8 heteroatoms. The van der Waals surface area contributed by atoms with Crippen molar-refractivity contribution < 1.29 is 23.0 Å². The van der Waals surface area contributed by atoms with Gasteiger partial charge in [-0.2, -0.15) is 8.78 Å². The molecule has 1 fully saturated rings. The van der Waals surface area contributed by atoms with Gasteiger partial charge >= 0.3 is 6.61 Å². The van der Waals surface area contributed by atoms with Crippen molar-refractivity contribution in [3.8, 4) is 5.75 Å². The fourth-order valence-electron chi connectivity index (χ4n) is 2.43. The maximum Gasteiger partial charge on any atom is 0.387 e. The van der Waals surface area contributed by atoms with Gasteiger partial charge in [-0.1, -0.05) is 17.7 Å². The lowest BCUT2D eigenvalue weighted by Crippen LogP contribution is -2.35. The summed E-state index contributed by atoms with van der Waals surface area (Å²) in [5.41, 5.74) is 6.90. The number of ether oxygens (including phenoxy) is 2. The van der Waals surface area contributed by atoms with Crippen LogP contribution in [-0.4, -0.2) is 31.3 Å². The second kappa shape index (κ2) is 9.00. The molecule has 0 radical (unpaired) electrons. The molecule has 0 unspecified atom stereocenters. The molecule has 23 heavy (non-hydrogen) atoms. The zero-order valence-corrected chi connectivity index (χ0v) is 13.6. The van der Waals surface area contributed by atoms with E-state index in [1.54, 1.807) is 12.1 Å². The summed E-state index contributed by atoms with van der Waals surface area (Å²) in [4.78, 5) is 12.0. The molecule has 130 valence electrons. The summed E-state index contributed by atoms with van der Waals surface area (Å²) in [6, 6.07) is 4.85. The molecule has 1 amide bonds. The lowest BCUT2D eigenvalue weighted by molar-refractivity contribution is -0.132. The lowest BCUT2D eigenvalue weighted by atomic mass is 10.1. The van der Waals surface area contributed by atoms with E-state index in [4.69, 9.17) is 10.5 Å². The van der Waals surface area contributed by atoms with E-state index in [1.807, 2.05) is 6.92 Å². The third-order valence-corrected chi connectivity index (χ3v) is 3.55. The summed E-state index contributed by atoms with van der Waals surface area (Å²) in [7, 11) is 0. The molecular formula is C15H21ClF2N2O3. The van der Waals surface area contributed by atoms with E-state index in [9.17, 15) is 13.6 Å². The van der Waals surface area contributed by atoms with Crippen LogP contribution in [-0.2, 0) is 16.1 Å². The van der Waals surface area contributed by atoms with Gasteiger partial charge in [0.05, 0.1) is 6.10 Å². The lowest BCUT2D eigenvalue weighted by Gasteiger charge is -2.15. The number of rotatable bonds is 6. The van der Waals surface area contributed by atoms with Gasteiger partial charge in [0.25, 0.3) is 0 Å². The molecule has 0 saturated carbocycles. The minimum atomic E-state index is -2.90. The van der Waals surface area contributed by atoms with Crippen LogP contribution >= 0.6 is 12.4 Å². The molecule has 2 rings (SSSR count). The Hall–Kier alpha value is -1.44. The van der Waals surface area contributed by atoms with Gasteiger partial charge in [-0.25, -0.2) is 0 Å². The van der Waals surface area contributed by atoms with Gasteiger partial charge in [-0.05, 0) is 25.8 Å². The van der Waals surface area contributed by atoms with Crippen molar-refractivity contribution in [2.24, 2.45) is 5.73 Å². The highest BCUT2D eigenvalue weighted by atomic mass is 35.5. The van der Waals surface area contributed by atoms with Crippen LogP contribution in [0.1, 0.15) is 24.0 Å². The van der Waals surface area contributed by atoms with Crippen LogP contribution in [0.15, 0.2) is 18.2 Å². The first-order valence-corrected chi connectivity index (χ1v) is 7.17. The summed E-state index contributed by atoms with van der Waals surface area (Å²) >= 11 is 0. The number of hydrogen-bond acceptors (Lipinski definition) is 4. The maximum absolute atomic E-state index is 12.4. The van der Waals surface area contributed by atoms with E-state index in [-0.39, 0.29) is 36.7 Å².